The summed E-state index contributed by atoms with van der Waals surface area (Å²) >= 11 is 0. The third kappa shape index (κ3) is 9.32. The molecule has 1 atom stereocenters. The molecule has 1 rings (SSSR count). The van der Waals surface area contributed by atoms with Gasteiger partial charge in [-0.25, -0.2) is 4.18 Å². The van der Waals surface area contributed by atoms with Crippen molar-refractivity contribution in [2.75, 3.05) is 40.1 Å². The number of hydrogen-bond donors (Lipinski definition) is 0. The largest absolute Gasteiger partial charge is 0.491 e. The molecular formula is C15H22O7S. The minimum absolute atomic E-state index is 0.0584. The average Bonchev–Trinajstić information content (AvgIpc) is 2.57. The fourth-order valence-electron chi connectivity index (χ4n) is 1.53. The normalized spacial score (nSPS) is 12.7. The topological polar surface area (TPSA) is 80.3 Å². The zero-order chi connectivity index (χ0) is 17.0. The van der Waals surface area contributed by atoms with Gasteiger partial charge in [0.2, 0.25) is 0 Å². The van der Waals surface area contributed by atoms with Gasteiger partial charge in [0.1, 0.15) is 18.5 Å². The van der Waals surface area contributed by atoms with Crippen molar-refractivity contribution in [3.63, 3.8) is 0 Å². The van der Waals surface area contributed by atoms with Gasteiger partial charge >= 0.3 is 10.4 Å². The Morgan fingerprint density at radius 1 is 1.17 bits per heavy atom. The molecule has 130 valence electrons. The average molecular weight is 346 g/mol. The van der Waals surface area contributed by atoms with E-state index in [0.717, 1.165) is 7.11 Å². The Morgan fingerprint density at radius 2 is 1.91 bits per heavy atom. The highest BCUT2D eigenvalue weighted by atomic mass is 32.3. The van der Waals surface area contributed by atoms with E-state index in [-0.39, 0.29) is 32.5 Å². The Kier molecular flexibility index (Phi) is 9.49. The fraction of sp³-hybridized carbons (Fsp3) is 0.467. The molecule has 0 N–H and O–H groups in total. The minimum Gasteiger partial charge on any atom is -0.491 e. The minimum atomic E-state index is -3.95. The van der Waals surface area contributed by atoms with Crippen molar-refractivity contribution >= 4 is 10.4 Å². The maximum atomic E-state index is 11.0. The number of hydrogen-bond acceptors (Lipinski definition) is 7. The van der Waals surface area contributed by atoms with Gasteiger partial charge in [0.05, 0.1) is 33.5 Å². The quantitative estimate of drug-likeness (QED) is 0.396. The molecule has 1 unspecified atom stereocenters. The zero-order valence-electron chi connectivity index (χ0n) is 13.1. The summed E-state index contributed by atoms with van der Waals surface area (Å²) in [7, 11) is -2.93. The van der Waals surface area contributed by atoms with Crippen molar-refractivity contribution in [2.45, 2.75) is 6.10 Å². The molecule has 1 aromatic rings. The number of benzene rings is 1. The van der Waals surface area contributed by atoms with Crippen LogP contribution >= 0.6 is 0 Å². The maximum Gasteiger partial charge on any atom is 0.399 e. The van der Waals surface area contributed by atoms with Crippen molar-refractivity contribution in [2.24, 2.45) is 0 Å². The third-order valence-corrected chi connectivity index (χ3v) is 3.45. The molecule has 0 radical (unpaired) electrons. The Labute approximate surface area is 137 Å². The van der Waals surface area contributed by atoms with Crippen LogP contribution in [0.4, 0.5) is 0 Å². The number of ether oxygens (including phenoxy) is 3. The number of rotatable bonds is 13. The predicted octanol–water partition coefficient (Wildman–Crippen LogP) is 1.56. The van der Waals surface area contributed by atoms with Gasteiger partial charge in [-0.1, -0.05) is 24.3 Å². The Balaban J connectivity index is 2.37. The first-order valence-corrected chi connectivity index (χ1v) is 8.34. The highest BCUT2D eigenvalue weighted by Gasteiger charge is 2.13. The third-order valence-electron chi connectivity index (χ3n) is 2.59. The lowest BCUT2D eigenvalue weighted by Crippen LogP contribution is -2.29. The summed E-state index contributed by atoms with van der Waals surface area (Å²) in [5, 5.41) is 0. The molecule has 0 aromatic heterocycles. The van der Waals surface area contributed by atoms with Crippen LogP contribution in [0.2, 0.25) is 0 Å². The smallest absolute Gasteiger partial charge is 0.399 e. The Bertz CT molecular complexity index is 530. The van der Waals surface area contributed by atoms with E-state index in [1.165, 1.54) is 0 Å². The second-order valence-electron chi connectivity index (χ2n) is 4.34. The van der Waals surface area contributed by atoms with Crippen LogP contribution in [0.25, 0.3) is 0 Å². The van der Waals surface area contributed by atoms with Crippen molar-refractivity contribution in [3.05, 3.63) is 43.0 Å². The first-order chi connectivity index (χ1) is 11.1. The van der Waals surface area contributed by atoms with E-state index in [0.29, 0.717) is 12.4 Å². The molecule has 1 aromatic carbocycles. The lowest BCUT2D eigenvalue weighted by atomic mass is 10.3. The standard InChI is InChI=1S/C15H22O7S/c1-3-9-19-12-15(13-21-14-7-5-4-6-8-14)20-10-11-22-23(16,17)18-2/h3-8,15H,1,9-13H2,2H3. The molecular weight excluding hydrogens is 324 g/mol. The van der Waals surface area contributed by atoms with Crippen LogP contribution in [-0.4, -0.2) is 54.7 Å². The van der Waals surface area contributed by atoms with Crippen LogP contribution in [0.5, 0.6) is 5.75 Å². The van der Waals surface area contributed by atoms with Crippen molar-refractivity contribution in [1.29, 1.82) is 0 Å². The van der Waals surface area contributed by atoms with E-state index in [2.05, 4.69) is 14.9 Å². The molecule has 0 aliphatic rings. The zero-order valence-corrected chi connectivity index (χ0v) is 13.9. The summed E-state index contributed by atoms with van der Waals surface area (Å²) in [6.45, 7) is 4.41. The summed E-state index contributed by atoms with van der Waals surface area (Å²) in [6, 6.07) is 9.28. The molecule has 23 heavy (non-hydrogen) atoms. The van der Waals surface area contributed by atoms with Gasteiger partial charge in [0.15, 0.2) is 0 Å². The van der Waals surface area contributed by atoms with E-state index >= 15 is 0 Å². The van der Waals surface area contributed by atoms with E-state index < -0.39 is 10.4 Å². The van der Waals surface area contributed by atoms with Gasteiger partial charge in [-0.15, -0.1) is 6.58 Å². The van der Waals surface area contributed by atoms with E-state index in [4.69, 9.17) is 14.2 Å². The van der Waals surface area contributed by atoms with E-state index in [1.807, 2.05) is 30.3 Å². The molecule has 0 bridgehead atoms. The Morgan fingerprint density at radius 3 is 2.57 bits per heavy atom. The maximum absolute atomic E-state index is 11.0. The molecule has 8 heteroatoms. The van der Waals surface area contributed by atoms with Crippen molar-refractivity contribution < 1.29 is 31.0 Å². The monoisotopic (exact) mass is 346 g/mol. The molecule has 0 aliphatic heterocycles. The molecule has 7 nitrogen and oxygen atoms in total. The van der Waals surface area contributed by atoms with Gasteiger partial charge in [0.25, 0.3) is 0 Å². The van der Waals surface area contributed by atoms with Gasteiger partial charge in [-0.3, -0.25) is 4.18 Å². The SMILES string of the molecule is C=CCOCC(COc1ccccc1)OCCOS(=O)(=O)OC. The second kappa shape index (κ2) is 11.1. The molecule has 0 saturated carbocycles. The van der Waals surface area contributed by atoms with Crippen LogP contribution < -0.4 is 4.74 Å². The molecule has 0 amide bonds. The molecule has 0 aliphatic carbocycles. The lowest BCUT2D eigenvalue weighted by molar-refractivity contribution is -0.0400. The van der Waals surface area contributed by atoms with Crippen LogP contribution in [0.15, 0.2) is 43.0 Å². The first kappa shape index (κ1) is 19.6. The Hall–Kier alpha value is -1.45. The van der Waals surface area contributed by atoms with Crippen LogP contribution in [-0.2, 0) is 28.2 Å². The van der Waals surface area contributed by atoms with Crippen molar-refractivity contribution in [3.8, 4) is 5.75 Å². The van der Waals surface area contributed by atoms with Gasteiger partial charge in [0, 0.05) is 0 Å². The lowest BCUT2D eigenvalue weighted by Gasteiger charge is -2.18. The van der Waals surface area contributed by atoms with Crippen molar-refractivity contribution in [1.82, 2.24) is 0 Å². The number of para-hydroxylation sites is 1. The fourth-order valence-corrected chi connectivity index (χ4v) is 1.90. The van der Waals surface area contributed by atoms with Gasteiger partial charge in [-0.2, -0.15) is 8.42 Å². The van der Waals surface area contributed by atoms with Gasteiger partial charge < -0.3 is 14.2 Å². The summed E-state index contributed by atoms with van der Waals surface area (Å²) in [5.41, 5.74) is 0. The summed E-state index contributed by atoms with van der Waals surface area (Å²) in [6.07, 6.45) is 1.26. The highest BCUT2D eigenvalue weighted by molar-refractivity contribution is 7.81. The molecule has 0 saturated heterocycles. The van der Waals surface area contributed by atoms with Gasteiger partial charge in [-0.05, 0) is 12.1 Å². The van der Waals surface area contributed by atoms with Crippen LogP contribution in [0.1, 0.15) is 0 Å². The molecule has 0 spiro atoms. The molecule has 0 fully saturated rings. The summed E-state index contributed by atoms with van der Waals surface area (Å²) < 4.78 is 47.2. The van der Waals surface area contributed by atoms with Crippen LogP contribution in [0, 0.1) is 0 Å². The summed E-state index contributed by atoms with van der Waals surface area (Å²) in [4.78, 5) is 0. The van der Waals surface area contributed by atoms with E-state index in [1.54, 1.807) is 6.08 Å². The van der Waals surface area contributed by atoms with Crippen LogP contribution in [0.3, 0.4) is 0 Å². The predicted molar refractivity (Wildman–Crippen MR) is 84.6 cm³/mol. The first-order valence-electron chi connectivity index (χ1n) is 7.00. The van der Waals surface area contributed by atoms with E-state index in [9.17, 15) is 8.42 Å². The molecule has 0 heterocycles. The summed E-state index contributed by atoms with van der Waals surface area (Å²) in [5.74, 6) is 0.711. The second-order valence-corrected chi connectivity index (χ2v) is 5.73. The highest BCUT2D eigenvalue weighted by Crippen LogP contribution is 2.09.